The molecule has 0 atom stereocenters. The Kier molecular flexibility index (Phi) is 4.87. The predicted octanol–water partition coefficient (Wildman–Crippen LogP) is 1.40. The molecule has 5 nitrogen and oxygen atoms in total. The number of nitrogens with zero attached hydrogens (tertiary/aromatic N) is 1. The van der Waals surface area contributed by atoms with E-state index >= 15 is 0 Å². The molecule has 9 heteroatoms. The van der Waals surface area contributed by atoms with Crippen LogP contribution in [-0.4, -0.2) is 44.8 Å². The van der Waals surface area contributed by atoms with Gasteiger partial charge in [-0.05, 0) is 18.2 Å². The fourth-order valence-electron chi connectivity index (χ4n) is 1.56. The summed E-state index contributed by atoms with van der Waals surface area (Å²) < 4.78 is 60.2. The maximum absolute atomic E-state index is 12.7. The number of carbonyl (C=O) groups excluding carboxylic acids is 1. The molecule has 1 aromatic carbocycles. The zero-order valence-electron chi connectivity index (χ0n) is 11.4. The van der Waals surface area contributed by atoms with E-state index in [1.807, 2.05) is 0 Å². The van der Waals surface area contributed by atoms with Crippen LogP contribution >= 0.6 is 0 Å². The molecule has 1 rings (SSSR count). The lowest BCUT2D eigenvalue weighted by Crippen LogP contribution is -2.31. The van der Waals surface area contributed by atoms with Gasteiger partial charge >= 0.3 is 6.18 Å². The van der Waals surface area contributed by atoms with E-state index in [0.717, 1.165) is 17.2 Å². The van der Waals surface area contributed by atoms with Gasteiger partial charge in [0.25, 0.3) is 5.91 Å². The molecule has 0 saturated heterocycles. The van der Waals surface area contributed by atoms with Gasteiger partial charge in [-0.15, -0.1) is 0 Å². The van der Waals surface area contributed by atoms with Crippen LogP contribution in [0.3, 0.4) is 0 Å². The minimum Gasteiger partial charge on any atom is -0.398 e. The van der Waals surface area contributed by atoms with Crippen molar-refractivity contribution in [1.82, 2.24) is 4.90 Å². The van der Waals surface area contributed by atoms with E-state index in [4.69, 9.17) is 5.73 Å². The van der Waals surface area contributed by atoms with E-state index in [2.05, 4.69) is 0 Å². The number of hydrogen-bond acceptors (Lipinski definition) is 4. The van der Waals surface area contributed by atoms with Crippen LogP contribution in [0, 0.1) is 0 Å². The molecular weight excluding hydrogens is 309 g/mol. The molecule has 0 heterocycles. The highest BCUT2D eigenvalue weighted by atomic mass is 32.2. The lowest BCUT2D eigenvalue weighted by atomic mass is 10.1. The molecule has 118 valence electrons. The Balaban J connectivity index is 2.98. The van der Waals surface area contributed by atoms with Crippen LogP contribution in [0.4, 0.5) is 18.9 Å². The number of rotatable bonds is 4. The molecule has 0 aromatic heterocycles. The van der Waals surface area contributed by atoms with Crippen molar-refractivity contribution in [3.05, 3.63) is 29.3 Å². The van der Waals surface area contributed by atoms with E-state index in [1.54, 1.807) is 0 Å². The first-order chi connectivity index (χ1) is 9.42. The Labute approximate surface area is 120 Å². The first-order valence-corrected chi connectivity index (χ1v) is 7.88. The number of anilines is 1. The maximum Gasteiger partial charge on any atom is 0.418 e. The number of benzene rings is 1. The van der Waals surface area contributed by atoms with Gasteiger partial charge in [-0.25, -0.2) is 8.42 Å². The number of amides is 1. The van der Waals surface area contributed by atoms with Gasteiger partial charge in [0.1, 0.15) is 9.84 Å². The molecule has 21 heavy (non-hydrogen) atoms. The number of nitrogen functional groups attached to an aromatic ring is 1. The number of carbonyl (C=O) groups is 1. The molecule has 0 aliphatic rings. The lowest BCUT2D eigenvalue weighted by Gasteiger charge is -2.18. The van der Waals surface area contributed by atoms with Crippen LogP contribution in [0.2, 0.25) is 0 Å². The number of sulfone groups is 1. The van der Waals surface area contributed by atoms with E-state index < -0.39 is 33.2 Å². The van der Waals surface area contributed by atoms with Crippen molar-refractivity contribution in [2.45, 2.75) is 6.18 Å². The second-order valence-corrected chi connectivity index (χ2v) is 6.92. The zero-order valence-corrected chi connectivity index (χ0v) is 12.3. The quantitative estimate of drug-likeness (QED) is 0.849. The smallest absolute Gasteiger partial charge is 0.398 e. The van der Waals surface area contributed by atoms with E-state index in [0.29, 0.717) is 6.07 Å². The van der Waals surface area contributed by atoms with Gasteiger partial charge in [0.15, 0.2) is 0 Å². The van der Waals surface area contributed by atoms with E-state index in [9.17, 15) is 26.4 Å². The first kappa shape index (κ1) is 17.3. The highest BCUT2D eigenvalue weighted by Crippen LogP contribution is 2.34. The molecule has 1 aromatic rings. The SMILES string of the molecule is CN(CCS(C)(=O)=O)C(=O)c1ccc(N)c(C(F)(F)F)c1. The summed E-state index contributed by atoms with van der Waals surface area (Å²) in [5.74, 6) is -0.972. The molecule has 0 radical (unpaired) electrons. The first-order valence-electron chi connectivity index (χ1n) is 5.82. The Morgan fingerprint density at radius 1 is 1.33 bits per heavy atom. The van der Waals surface area contributed by atoms with Gasteiger partial charge in [-0.1, -0.05) is 0 Å². The monoisotopic (exact) mass is 324 g/mol. The third kappa shape index (κ3) is 4.92. The second kappa shape index (κ2) is 5.92. The molecule has 1 amide bonds. The van der Waals surface area contributed by atoms with Crippen LogP contribution < -0.4 is 5.73 Å². The summed E-state index contributed by atoms with van der Waals surface area (Å²) in [5, 5.41) is 0. The number of halogens is 3. The summed E-state index contributed by atoms with van der Waals surface area (Å²) in [6, 6.07) is 2.83. The summed E-state index contributed by atoms with van der Waals surface area (Å²) in [6.45, 7) is -0.108. The topological polar surface area (TPSA) is 80.5 Å². The molecule has 2 N–H and O–H groups in total. The average Bonchev–Trinajstić information content (AvgIpc) is 2.33. The predicted molar refractivity (Wildman–Crippen MR) is 72.5 cm³/mol. The fraction of sp³-hybridized carbons (Fsp3) is 0.417. The molecule has 0 saturated carbocycles. The fourth-order valence-corrected chi connectivity index (χ4v) is 2.16. The molecule has 0 aliphatic carbocycles. The van der Waals surface area contributed by atoms with Crippen molar-refractivity contribution >= 4 is 21.4 Å². The van der Waals surface area contributed by atoms with Crippen molar-refractivity contribution in [3.8, 4) is 0 Å². The molecule has 0 fully saturated rings. The Hall–Kier alpha value is -1.77. The second-order valence-electron chi connectivity index (χ2n) is 4.66. The molecule has 0 unspecified atom stereocenters. The number of nitrogens with two attached hydrogens (primary N) is 1. The van der Waals surface area contributed by atoms with Crippen molar-refractivity contribution in [1.29, 1.82) is 0 Å². The average molecular weight is 324 g/mol. The van der Waals surface area contributed by atoms with Crippen molar-refractivity contribution in [3.63, 3.8) is 0 Å². The Morgan fingerprint density at radius 3 is 2.38 bits per heavy atom. The third-order valence-electron chi connectivity index (χ3n) is 2.75. The van der Waals surface area contributed by atoms with Crippen molar-refractivity contribution < 1.29 is 26.4 Å². The van der Waals surface area contributed by atoms with Gasteiger partial charge in [0, 0.05) is 31.1 Å². The zero-order chi connectivity index (χ0) is 16.4. The van der Waals surface area contributed by atoms with Gasteiger partial charge in [-0.3, -0.25) is 4.79 Å². The molecule has 0 bridgehead atoms. The Bertz CT molecular complexity index is 642. The lowest BCUT2D eigenvalue weighted by molar-refractivity contribution is -0.136. The van der Waals surface area contributed by atoms with Crippen molar-refractivity contribution in [2.75, 3.05) is 31.3 Å². The van der Waals surface area contributed by atoms with Crippen molar-refractivity contribution in [2.24, 2.45) is 0 Å². The minimum atomic E-state index is -4.66. The van der Waals surface area contributed by atoms with Crippen LogP contribution in [0.25, 0.3) is 0 Å². The maximum atomic E-state index is 12.7. The van der Waals surface area contributed by atoms with Crippen LogP contribution in [0.1, 0.15) is 15.9 Å². The van der Waals surface area contributed by atoms with Gasteiger partial charge in [-0.2, -0.15) is 13.2 Å². The van der Waals surface area contributed by atoms with Crippen LogP contribution in [0.5, 0.6) is 0 Å². The molecule has 0 aliphatic heterocycles. The summed E-state index contributed by atoms with van der Waals surface area (Å²) in [4.78, 5) is 13.0. The van der Waals surface area contributed by atoms with Gasteiger partial charge < -0.3 is 10.6 Å². The summed E-state index contributed by atoms with van der Waals surface area (Å²) >= 11 is 0. The van der Waals surface area contributed by atoms with Crippen LogP contribution in [0.15, 0.2) is 18.2 Å². The van der Waals surface area contributed by atoms with E-state index in [1.165, 1.54) is 13.1 Å². The highest BCUT2D eigenvalue weighted by molar-refractivity contribution is 7.90. The Morgan fingerprint density at radius 2 is 1.90 bits per heavy atom. The third-order valence-corrected chi connectivity index (χ3v) is 3.67. The van der Waals surface area contributed by atoms with Crippen LogP contribution in [-0.2, 0) is 16.0 Å². The number of hydrogen-bond donors (Lipinski definition) is 1. The summed E-state index contributed by atoms with van der Waals surface area (Å²) in [7, 11) is -1.95. The van der Waals surface area contributed by atoms with Gasteiger partial charge in [0.2, 0.25) is 0 Å². The van der Waals surface area contributed by atoms with Gasteiger partial charge in [0.05, 0.1) is 11.3 Å². The highest BCUT2D eigenvalue weighted by Gasteiger charge is 2.33. The summed E-state index contributed by atoms with van der Waals surface area (Å²) in [6.07, 6.45) is -3.65. The normalized spacial score (nSPS) is 12.2. The molecular formula is C12H15F3N2O3S. The van der Waals surface area contributed by atoms with E-state index in [-0.39, 0.29) is 17.9 Å². The minimum absolute atomic E-state index is 0.108. The summed E-state index contributed by atoms with van der Waals surface area (Å²) in [5.41, 5.74) is 3.48. The standard InChI is InChI=1S/C12H15F3N2O3S/c1-17(5-6-21(2,19)20)11(18)8-3-4-10(16)9(7-8)12(13,14)15/h3-4,7H,5-6,16H2,1-2H3. The largest absolute Gasteiger partial charge is 0.418 e. The number of alkyl halides is 3. The molecule has 0 spiro atoms.